The van der Waals surface area contributed by atoms with Gasteiger partial charge in [0.25, 0.3) is 0 Å². The van der Waals surface area contributed by atoms with Crippen LogP contribution in [0.1, 0.15) is 57.2 Å². The standard InChI is InChI=1S/C25H29Cl2NO3/c1-4-21(24(30)31)28-22(29)13-12-20(23(28)17-8-10-18(26)11-9-17)25(2,3)15-16-6-5-7-19(27)14-16/h5-11,14,20-21,23H,4,12-13,15H2,1-3H3,(H,30,31)/t20-,21?,23+/m0/s1. The van der Waals surface area contributed by atoms with Gasteiger partial charge in [-0.2, -0.15) is 0 Å². The third kappa shape index (κ3) is 5.24. The van der Waals surface area contributed by atoms with E-state index in [4.69, 9.17) is 23.2 Å². The smallest absolute Gasteiger partial charge is 0.326 e. The predicted octanol–water partition coefficient (Wildman–Crippen LogP) is 6.41. The van der Waals surface area contributed by atoms with Crippen LogP contribution in [-0.4, -0.2) is 27.9 Å². The molecule has 1 amide bonds. The van der Waals surface area contributed by atoms with Gasteiger partial charge >= 0.3 is 5.97 Å². The third-order valence-corrected chi connectivity index (χ3v) is 6.90. The molecule has 31 heavy (non-hydrogen) atoms. The minimum atomic E-state index is -0.969. The first-order valence-corrected chi connectivity index (χ1v) is 11.4. The minimum absolute atomic E-state index is 0.0683. The van der Waals surface area contributed by atoms with Crippen molar-refractivity contribution in [1.82, 2.24) is 4.90 Å². The molecule has 0 saturated carbocycles. The zero-order valence-electron chi connectivity index (χ0n) is 18.1. The Hall–Kier alpha value is -2.04. The van der Waals surface area contributed by atoms with E-state index < -0.39 is 12.0 Å². The second-order valence-electron chi connectivity index (χ2n) is 9.00. The van der Waals surface area contributed by atoms with Crippen molar-refractivity contribution in [2.75, 3.05) is 0 Å². The van der Waals surface area contributed by atoms with Crippen molar-refractivity contribution in [3.05, 3.63) is 69.7 Å². The lowest BCUT2D eigenvalue weighted by Gasteiger charge is -2.50. The number of halogens is 2. The molecule has 1 aliphatic rings. The Morgan fingerprint density at radius 2 is 1.84 bits per heavy atom. The number of benzene rings is 2. The molecule has 0 spiro atoms. The molecule has 2 aromatic carbocycles. The number of carbonyl (C=O) groups is 2. The molecule has 166 valence electrons. The van der Waals surface area contributed by atoms with Gasteiger partial charge in [0, 0.05) is 16.5 Å². The van der Waals surface area contributed by atoms with Crippen LogP contribution in [0.3, 0.4) is 0 Å². The predicted molar refractivity (Wildman–Crippen MR) is 124 cm³/mol. The maximum absolute atomic E-state index is 13.0. The van der Waals surface area contributed by atoms with Crippen LogP contribution in [0.4, 0.5) is 0 Å². The maximum atomic E-state index is 13.0. The summed E-state index contributed by atoms with van der Waals surface area (Å²) >= 11 is 12.3. The monoisotopic (exact) mass is 461 g/mol. The van der Waals surface area contributed by atoms with Crippen molar-refractivity contribution in [1.29, 1.82) is 0 Å². The summed E-state index contributed by atoms with van der Waals surface area (Å²) in [5.41, 5.74) is 1.84. The number of carboxylic acids is 1. The van der Waals surface area contributed by atoms with E-state index in [-0.39, 0.29) is 23.3 Å². The number of likely N-dealkylation sites (tertiary alicyclic amines) is 1. The molecule has 1 saturated heterocycles. The summed E-state index contributed by atoms with van der Waals surface area (Å²) in [7, 11) is 0. The lowest BCUT2D eigenvalue weighted by molar-refractivity contribution is -0.159. The normalized spacial score (nSPS) is 20.5. The van der Waals surface area contributed by atoms with Gasteiger partial charge in [-0.05, 0) is 66.0 Å². The Balaban J connectivity index is 2.06. The summed E-state index contributed by atoms with van der Waals surface area (Å²) < 4.78 is 0. The number of piperidine rings is 1. The quantitative estimate of drug-likeness (QED) is 0.518. The Labute approximate surface area is 194 Å². The maximum Gasteiger partial charge on any atom is 0.326 e. The van der Waals surface area contributed by atoms with Crippen LogP contribution in [0.5, 0.6) is 0 Å². The lowest BCUT2D eigenvalue weighted by atomic mass is 9.65. The number of carbonyl (C=O) groups excluding carboxylic acids is 1. The topological polar surface area (TPSA) is 57.6 Å². The molecule has 0 aromatic heterocycles. The number of carboxylic acid groups (broad SMARTS) is 1. The molecule has 1 heterocycles. The number of hydrogen-bond acceptors (Lipinski definition) is 2. The van der Waals surface area contributed by atoms with Crippen LogP contribution in [0.15, 0.2) is 48.5 Å². The van der Waals surface area contributed by atoms with Crippen LogP contribution in [0.2, 0.25) is 10.0 Å². The molecule has 6 heteroatoms. The summed E-state index contributed by atoms with van der Waals surface area (Å²) in [5.74, 6) is -1.01. The van der Waals surface area contributed by atoms with E-state index in [0.29, 0.717) is 29.3 Å². The van der Waals surface area contributed by atoms with E-state index in [9.17, 15) is 14.7 Å². The highest BCUT2D eigenvalue weighted by Gasteiger charge is 2.47. The SMILES string of the molecule is CCC(C(=O)O)N1C(=O)CC[C@H](C(C)(C)Cc2cccc(Cl)c2)[C@H]1c1ccc(Cl)cc1. The highest BCUT2D eigenvalue weighted by Crippen LogP contribution is 2.49. The average molecular weight is 462 g/mol. The number of hydrogen-bond donors (Lipinski definition) is 1. The summed E-state index contributed by atoms with van der Waals surface area (Å²) in [6.07, 6.45) is 2.17. The molecule has 1 aliphatic heterocycles. The third-order valence-electron chi connectivity index (χ3n) is 6.41. The van der Waals surface area contributed by atoms with E-state index in [2.05, 4.69) is 19.9 Å². The Kier molecular flexibility index (Phi) is 7.33. The zero-order valence-corrected chi connectivity index (χ0v) is 19.7. The van der Waals surface area contributed by atoms with Gasteiger partial charge in [0.05, 0.1) is 6.04 Å². The molecule has 3 atom stereocenters. The van der Waals surface area contributed by atoms with E-state index in [1.807, 2.05) is 37.3 Å². The first-order valence-electron chi connectivity index (χ1n) is 10.7. The van der Waals surface area contributed by atoms with E-state index in [0.717, 1.165) is 17.5 Å². The van der Waals surface area contributed by atoms with Gasteiger partial charge in [-0.15, -0.1) is 0 Å². The molecule has 1 N–H and O–H groups in total. The highest BCUT2D eigenvalue weighted by molar-refractivity contribution is 6.30. The van der Waals surface area contributed by atoms with E-state index in [1.165, 1.54) is 0 Å². The van der Waals surface area contributed by atoms with E-state index >= 15 is 0 Å². The van der Waals surface area contributed by atoms with Crippen molar-refractivity contribution < 1.29 is 14.7 Å². The largest absolute Gasteiger partial charge is 0.480 e. The van der Waals surface area contributed by atoms with Gasteiger partial charge in [0.15, 0.2) is 0 Å². The van der Waals surface area contributed by atoms with Crippen molar-refractivity contribution >= 4 is 35.1 Å². The summed E-state index contributed by atoms with van der Waals surface area (Å²) in [6, 6.07) is 14.1. The minimum Gasteiger partial charge on any atom is -0.480 e. The Bertz CT molecular complexity index is 942. The molecule has 0 bridgehead atoms. The van der Waals surface area contributed by atoms with E-state index in [1.54, 1.807) is 17.0 Å². The fourth-order valence-electron chi connectivity index (χ4n) is 4.95. The average Bonchev–Trinajstić information content (AvgIpc) is 2.69. The van der Waals surface area contributed by atoms with Crippen molar-refractivity contribution in [3.8, 4) is 0 Å². The van der Waals surface area contributed by atoms with Gasteiger partial charge in [-0.3, -0.25) is 4.79 Å². The lowest BCUT2D eigenvalue weighted by Crippen LogP contribution is -2.54. The molecule has 1 fully saturated rings. The highest BCUT2D eigenvalue weighted by atomic mass is 35.5. The second kappa shape index (κ2) is 9.62. The summed E-state index contributed by atoms with van der Waals surface area (Å²) in [4.78, 5) is 26.7. The van der Waals surface area contributed by atoms with Gasteiger partial charge < -0.3 is 10.0 Å². The fourth-order valence-corrected chi connectivity index (χ4v) is 5.29. The molecular formula is C25H29Cl2NO3. The molecular weight excluding hydrogens is 433 g/mol. The fraction of sp³-hybridized carbons (Fsp3) is 0.440. The molecule has 3 rings (SSSR count). The summed E-state index contributed by atoms with van der Waals surface area (Å²) in [5, 5.41) is 11.2. The first kappa shape index (κ1) is 23.6. The van der Waals surface area contributed by atoms with Crippen LogP contribution >= 0.6 is 23.2 Å². The number of rotatable bonds is 7. The van der Waals surface area contributed by atoms with Gasteiger partial charge in [0.1, 0.15) is 6.04 Å². The number of aliphatic carboxylic acids is 1. The van der Waals surface area contributed by atoms with Crippen LogP contribution in [0, 0.1) is 11.3 Å². The van der Waals surface area contributed by atoms with Crippen LogP contribution < -0.4 is 0 Å². The number of nitrogens with zero attached hydrogens (tertiary/aromatic N) is 1. The van der Waals surface area contributed by atoms with Crippen molar-refractivity contribution in [3.63, 3.8) is 0 Å². The summed E-state index contributed by atoms with van der Waals surface area (Å²) in [6.45, 7) is 6.19. The molecule has 2 aromatic rings. The van der Waals surface area contributed by atoms with Crippen LogP contribution in [-0.2, 0) is 16.0 Å². The van der Waals surface area contributed by atoms with Gasteiger partial charge in [-0.1, -0.05) is 68.2 Å². The molecule has 0 aliphatic carbocycles. The van der Waals surface area contributed by atoms with Crippen molar-refractivity contribution in [2.24, 2.45) is 11.3 Å². The Morgan fingerprint density at radius 1 is 1.16 bits per heavy atom. The number of amides is 1. The zero-order chi connectivity index (χ0) is 22.8. The molecule has 1 unspecified atom stereocenters. The van der Waals surface area contributed by atoms with Gasteiger partial charge in [-0.25, -0.2) is 4.79 Å². The van der Waals surface area contributed by atoms with Crippen molar-refractivity contribution in [2.45, 2.75) is 58.5 Å². The first-order chi connectivity index (χ1) is 14.6. The molecule has 0 radical (unpaired) electrons. The van der Waals surface area contributed by atoms with Gasteiger partial charge in [0.2, 0.25) is 5.91 Å². The Morgan fingerprint density at radius 3 is 2.42 bits per heavy atom. The van der Waals surface area contributed by atoms with Crippen LogP contribution in [0.25, 0.3) is 0 Å². The molecule has 4 nitrogen and oxygen atoms in total. The second-order valence-corrected chi connectivity index (χ2v) is 9.87.